The zero-order valence-corrected chi connectivity index (χ0v) is 14.3. The quantitative estimate of drug-likeness (QED) is 0.375. The Morgan fingerprint density at radius 1 is 1.23 bits per heavy atom. The van der Waals surface area contributed by atoms with Crippen molar-refractivity contribution < 1.29 is 9.53 Å². The molecule has 0 N–H and O–H groups in total. The third kappa shape index (κ3) is 6.88. The van der Waals surface area contributed by atoms with E-state index in [1.807, 2.05) is 20.1 Å². The summed E-state index contributed by atoms with van der Waals surface area (Å²) in [6.07, 6.45) is 5.29. The minimum absolute atomic E-state index is 0.0162. The van der Waals surface area contributed by atoms with Crippen LogP contribution in [0.5, 0.6) is 0 Å². The zero-order chi connectivity index (χ0) is 16.4. The highest BCUT2D eigenvalue weighted by Gasteiger charge is 2.06. The zero-order valence-electron chi connectivity index (χ0n) is 14.3. The summed E-state index contributed by atoms with van der Waals surface area (Å²) >= 11 is 0. The molecule has 122 valence electrons. The molecule has 0 aromatic heterocycles. The van der Waals surface area contributed by atoms with Gasteiger partial charge in [-0.1, -0.05) is 45.0 Å². The molecule has 0 saturated carbocycles. The van der Waals surface area contributed by atoms with Gasteiger partial charge in [0.1, 0.15) is 0 Å². The highest BCUT2D eigenvalue weighted by Crippen LogP contribution is 2.18. The normalized spacial score (nSPS) is 14.0. The molecule has 22 heavy (non-hydrogen) atoms. The first-order chi connectivity index (χ1) is 10.6. The Morgan fingerprint density at radius 3 is 2.50 bits per heavy atom. The summed E-state index contributed by atoms with van der Waals surface area (Å²) in [6.45, 7) is 8.96. The lowest BCUT2D eigenvalue weighted by atomic mass is 9.98. The number of nitrogens with zero attached hydrogens (tertiary/aromatic N) is 1. The van der Waals surface area contributed by atoms with Gasteiger partial charge in [-0.15, -0.1) is 0 Å². The standard InChI is InChI=1S/C19H29NO2/c1-5-15(3)18-11-9-17(10-12-18)14-20-13-7-8-16(4)22-19(21)6-2/h9-12,14-16H,5-8,13H2,1-4H3. The van der Waals surface area contributed by atoms with E-state index in [-0.39, 0.29) is 12.1 Å². The number of carbonyl (C=O) groups excluding carboxylic acids is 1. The summed E-state index contributed by atoms with van der Waals surface area (Å²) in [6, 6.07) is 8.61. The molecule has 0 fully saturated rings. The van der Waals surface area contributed by atoms with Crippen molar-refractivity contribution in [2.75, 3.05) is 6.54 Å². The number of carbonyl (C=O) groups is 1. The average Bonchev–Trinajstić information content (AvgIpc) is 2.54. The monoisotopic (exact) mass is 303 g/mol. The van der Waals surface area contributed by atoms with E-state index in [4.69, 9.17) is 4.74 Å². The third-order valence-corrected chi connectivity index (χ3v) is 3.88. The van der Waals surface area contributed by atoms with E-state index in [0.717, 1.165) is 31.4 Å². The Bertz CT molecular complexity index is 465. The summed E-state index contributed by atoms with van der Waals surface area (Å²) in [5, 5.41) is 0. The fourth-order valence-corrected chi connectivity index (χ4v) is 2.15. The molecule has 0 radical (unpaired) electrons. The number of benzene rings is 1. The number of aliphatic imine (C=N–C) groups is 1. The lowest BCUT2D eigenvalue weighted by Crippen LogP contribution is -2.14. The largest absolute Gasteiger partial charge is 0.463 e. The molecule has 3 heteroatoms. The molecule has 1 aromatic carbocycles. The molecule has 1 rings (SSSR count). The summed E-state index contributed by atoms with van der Waals surface area (Å²) < 4.78 is 5.22. The van der Waals surface area contributed by atoms with E-state index in [2.05, 4.69) is 43.1 Å². The minimum Gasteiger partial charge on any atom is -0.463 e. The van der Waals surface area contributed by atoms with Gasteiger partial charge in [-0.25, -0.2) is 0 Å². The fraction of sp³-hybridized carbons (Fsp3) is 0.579. The number of rotatable bonds is 9. The van der Waals surface area contributed by atoms with Gasteiger partial charge in [-0.3, -0.25) is 9.79 Å². The molecule has 0 aliphatic carbocycles. The summed E-state index contributed by atoms with van der Waals surface area (Å²) in [5.41, 5.74) is 2.52. The van der Waals surface area contributed by atoms with E-state index >= 15 is 0 Å². The van der Waals surface area contributed by atoms with Crippen LogP contribution in [0.4, 0.5) is 0 Å². The van der Waals surface area contributed by atoms with E-state index in [1.54, 1.807) is 0 Å². The fourth-order valence-electron chi connectivity index (χ4n) is 2.15. The summed E-state index contributed by atoms with van der Waals surface area (Å²) in [4.78, 5) is 15.6. The van der Waals surface area contributed by atoms with Gasteiger partial charge in [0, 0.05) is 19.2 Å². The maximum Gasteiger partial charge on any atom is 0.305 e. The molecule has 0 amide bonds. The molecule has 2 atom stereocenters. The first-order valence-electron chi connectivity index (χ1n) is 8.36. The van der Waals surface area contributed by atoms with Gasteiger partial charge in [-0.05, 0) is 43.2 Å². The number of hydrogen-bond donors (Lipinski definition) is 0. The Kier molecular flexibility index (Phi) is 8.49. The molecule has 0 aliphatic heterocycles. The second-order valence-electron chi connectivity index (χ2n) is 5.81. The first-order valence-corrected chi connectivity index (χ1v) is 8.36. The van der Waals surface area contributed by atoms with Crippen LogP contribution in [-0.2, 0) is 9.53 Å². The van der Waals surface area contributed by atoms with Crippen molar-refractivity contribution in [2.45, 2.75) is 65.4 Å². The lowest BCUT2D eigenvalue weighted by molar-refractivity contribution is -0.148. The van der Waals surface area contributed by atoms with Crippen LogP contribution >= 0.6 is 0 Å². The third-order valence-electron chi connectivity index (χ3n) is 3.88. The van der Waals surface area contributed by atoms with Gasteiger partial charge >= 0.3 is 5.97 Å². The minimum atomic E-state index is -0.127. The van der Waals surface area contributed by atoms with Crippen molar-refractivity contribution in [1.82, 2.24) is 0 Å². The Labute approximate surface area is 134 Å². The smallest absolute Gasteiger partial charge is 0.305 e. The molecule has 0 spiro atoms. The van der Waals surface area contributed by atoms with E-state index < -0.39 is 0 Å². The number of hydrogen-bond acceptors (Lipinski definition) is 3. The molecule has 2 unspecified atom stereocenters. The van der Waals surface area contributed by atoms with Crippen LogP contribution in [-0.4, -0.2) is 24.8 Å². The Balaban J connectivity index is 2.30. The van der Waals surface area contributed by atoms with Gasteiger partial charge in [0.2, 0.25) is 0 Å². The maximum absolute atomic E-state index is 11.1. The Hall–Kier alpha value is -1.64. The van der Waals surface area contributed by atoms with Gasteiger partial charge in [0.15, 0.2) is 0 Å². The highest BCUT2D eigenvalue weighted by atomic mass is 16.5. The molecular formula is C19H29NO2. The maximum atomic E-state index is 11.1. The van der Waals surface area contributed by atoms with Gasteiger partial charge in [0.25, 0.3) is 0 Å². The summed E-state index contributed by atoms with van der Waals surface area (Å²) in [5.74, 6) is 0.482. The second kappa shape index (κ2) is 10.1. The molecule has 0 saturated heterocycles. The van der Waals surface area contributed by atoms with Crippen molar-refractivity contribution >= 4 is 12.2 Å². The topological polar surface area (TPSA) is 38.7 Å². The SMILES string of the molecule is CCC(=O)OC(C)CCCN=Cc1ccc(C(C)CC)cc1. The van der Waals surface area contributed by atoms with Crippen molar-refractivity contribution in [2.24, 2.45) is 4.99 Å². The van der Waals surface area contributed by atoms with E-state index in [1.165, 1.54) is 5.56 Å². The second-order valence-corrected chi connectivity index (χ2v) is 5.81. The number of esters is 1. The van der Waals surface area contributed by atoms with Gasteiger partial charge in [-0.2, -0.15) is 0 Å². The van der Waals surface area contributed by atoms with Gasteiger partial charge < -0.3 is 4.74 Å². The molecular weight excluding hydrogens is 274 g/mol. The summed E-state index contributed by atoms with van der Waals surface area (Å²) in [7, 11) is 0. The van der Waals surface area contributed by atoms with E-state index in [0.29, 0.717) is 12.3 Å². The molecule has 3 nitrogen and oxygen atoms in total. The van der Waals surface area contributed by atoms with Gasteiger partial charge in [0.05, 0.1) is 6.10 Å². The van der Waals surface area contributed by atoms with Crippen molar-refractivity contribution in [3.63, 3.8) is 0 Å². The van der Waals surface area contributed by atoms with Crippen LogP contribution in [0.3, 0.4) is 0 Å². The van der Waals surface area contributed by atoms with Crippen molar-refractivity contribution in [3.8, 4) is 0 Å². The highest BCUT2D eigenvalue weighted by molar-refractivity contribution is 5.79. The molecule has 0 heterocycles. The van der Waals surface area contributed by atoms with Crippen LogP contribution in [0.2, 0.25) is 0 Å². The lowest BCUT2D eigenvalue weighted by Gasteiger charge is -2.11. The van der Waals surface area contributed by atoms with Crippen LogP contribution in [0, 0.1) is 0 Å². The predicted octanol–water partition coefficient (Wildman–Crippen LogP) is 4.74. The first kappa shape index (κ1) is 18.4. The number of ether oxygens (including phenoxy) is 1. The van der Waals surface area contributed by atoms with Crippen LogP contribution in [0.25, 0.3) is 0 Å². The molecule has 0 aliphatic rings. The predicted molar refractivity (Wildman–Crippen MR) is 92.7 cm³/mol. The van der Waals surface area contributed by atoms with Crippen molar-refractivity contribution in [3.05, 3.63) is 35.4 Å². The van der Waals surface area contributed by atoms with Crippen LogP contribution < -0.4 is 0 Å². The van der Waals surface area contributed by atoms with Crippen LogP contribution in [0.1, 0.15) is 70.4 Å². The van der Waals surface area contributed by atoms with E-state index in [9.17, 15) is 4.79 Å². The average molecular weight is 303 g/mol. The van der Waals surface area contributed by atoms with Crippen molar-refractivity contribution in [1.29, 1.82) is 0 Å². The molecule has 0 bridgehead atoms. The Morgan fingerprint density at radius 2 is 1.91 bits per heavy atom. The van der Waals surface area contributed by atoms with Crippen LogP contribution in [0.15, 0.2) is 29.3 Å². The molecule has 1 aromatic rings.